The molecule has 3 amide bonds. The van der Waals surface area contributed by atoms with Gasteiger partial charge in [0.05, 0.1) is 21.1 Å². The zero-order valence-electron chi connectivity index (χ0n) is 18.0. The highest BCUT2D eigenvalue weighted by molar-refractivity contribution is 9.10. The number of carbonyl (C=O) groups is 3. The molecule has 0 spiro atoms. The number of hydrogen-bond donors (Lipinski definition) is 2. The molecule has 0 atom stereocenters. The van der Waals surface area contributed by atoms with Gasteiger partial charge in [-0.1, -0.05) is 29.8 Å². The molecule has 9 heteroatoms. The number of likely N-dealkylation sites (tertiary alicyclic amines) is 1. The standard InChI is InChI=1S/C24H22BrClN4O3/c1-29-16-12-14(13-6-2-3-7-15(13)26)17-19(23(32)28-22(17)31)18(16)20(25)21(29)24(33)27-8-11-30-9-4-5-10-30/h2-3,6-7,12H,4-5,8-11H2,1H3,(H,27,33)(H,28,31,32). The third kappa shape index (κ3) is 3.66. The van der Waals surface area contributed by atoms with E-state index in [1.807, 2.05) is 18.2 Å². The fraction of sp³-hybridized carbons (Fsp3) is 0.292. The first-order chi connectivity index (χ1) is 15.9. The lowest BCUT2D eigenvalue weighted by atomic mass is 9.94. The Balaban J connectivity index is 1.62. The number of aromatic nitrogens is 1. The maximum atomic E-state index is 13.1. The summed E-state index contributed by atoms with van der Waals surface area (Å²) in [5.74, 6) is -1.20. The molecule has 2 aromatic carbocycles. The highest BCUT2D eigenvalue weighted by Crippen LogP contribution is 2.42. The number of halogens is 2. The minimum absolute atomic E-state index is 0.238. The molecule has 7 nitrogen and oxygen atoms in total. The van der Waals surface area contributed by atoms with Crippen LogP contribution in [-0.2, 0) is 7.05 Å². The molecule has 0 bridgehead atoms. The molecule has 3 heterocycles. The molecule has 2 aliphatic rings. The Morgan fingerprint density at radius 3 is 2.55 bits per heavy atom. The van der Waals surface area contributed by atoms with Crippen LogP contribution in [0.5, 0.6) is 0 Å². The van der Waals surface area contributed by atoms with Gasteiger partial charge in [-0.3, -0.25) is 19.7 Å². The van der Waals surface area contributed by atoms with Crippen LogP contribution in [0.15, 0.2) is 34.8 Å². The summed E-state index contributed by atoms with van der Waals surface area (Å²) in [6.07, 6.45) is 2.39. The van der Waals surface area contributed by atoms with Crippen LogP contribution in [0.25, 0.3) is 22.0 Å². The van der Waals surface area contributed by atoms with Gasteiger partial charge >= 0.3 is 0 Å². The lowest BCUT2D eigenvalue weighted by Crippen LogP contribution is -2.34. The summed E-state index contributed by atoms with van der Waals surface area (Å²) in [4.78, 5) is 41.0. The summed E-state index contributed by atoms with van der Waals surface area (Å²) in [6.45, 7) is 3.46. The first-order valence-electron chi connectivity index (χ1n) is 10.8. The fourth-order valence-electron chi connectivity index (χ4n) is 4.79. The Morgan fingerprint density at radius 2 is 1.82 bits per heavy atom. The van der Waals surface area contributed by atoms with Crippen LogP contribution < -0.4 is 10.6 Å². The lowest BCUT2D eigenvalue weighted by Gasteiger charge is -2.15. The number of rotatable bonds is 5. The molecule has 3 aromatic rings. The molecular formula is C24H22BrClN4O3. The van der Waals surface area contributed by atoms with Crippen LogP contribution in [-0.4, -0.2) is 53.4 Å². The van der Waals surface area contributed by atoms with Crippen LogP contribution in [0.4, 0.5) is 0 Å². The minimum atomic E-state index is -0.485. The zero-order valence-corrected chi connectivity index (χ0v) is 20.3. The quantitative estimate of drug-likeness (QED) is 0.490. The maximum Gasteiger partial charge on any atom is 0.269 e. The second kappa shape index (κ2) is 8.59. The normalized spacial score (nSPS) is 15.8. The summed E-state index contributed by atoms with van der Waals surface area (Å²) < 4.78 is 2.24. The Bertz CT molecular complexity index is 1330. The molecule has 0 radical (unpaired) electrons. The molecule has 33 heavy (non-hydrogen) atoms. The lowest BCUT2D eigenvalue weighted by molar-refractivity contribution is 0.0878. The third-order valence-corrected chi connectivity index (χ3v) is 7.50. The number of nitrogens with one attached hydrogen (secondary N) is 2. The molecule has 1 aromatic heterocycles. The molecule has 170 valence electrons. The smallest absolute Gasteiger partial charge is 0.269 e. The number of aryl methyl sites for hydroxylation is 1. The molecule has 0 aliphatic carbocycles. The van der Waals surface area contributed by atoms with E-state index in [1.54, 1.807) is 23.7 Å². The molecule has 5 rings (SSSR count). The molecular weight excluding hydrogens is 508 g/mol. The van der Waals surface area contributed by atoms with Crippen molar-refractivity contribution in [2.24, 2.45) is 7.05 Å². The monoisotopic (exact) mass is 528 g/mol. The van der Waals surface area contributed by atoms with E-state index in [2.05, 4.69) is 31.5 Å². The van der Waals surface area contributed by atoms with E-state index in [1.165, 1.54) is 12.8 Å². The number of imide groups is 1. The summed E-state index contributed by atoms with van der Waals surface area (Å²) in [6, 6.07) is 9.00. The summed E-state index contributed by atoms with van der Waals surface area (Å²) >= 11 is 9.98. The summed E-state index contributed by atoms with van der Waals surface area (Å²) in [7, 11) is 1.78. The van der Waals surface area contributed by atoms with Crippen molar-refractivity contribution in [1.82, 2.24) is 20.1 Å². The van der Waals surface area contributed by atoms with Gasteiger partial charge in [0.2, 0.25) is 0 Å². The van der Waals surface area contributed by atoms with Gasteiger partial charge in [0.1, 0.15) is 5.69 Å². The van der Waals surface area contributed by atoms with Gasteiger partial charge in [-0.05, 0) is 59.6 Å². The van der Waals surface area contributed by atoms with Crippen LogP contribution >= 0.6 is 27.5 Å². The number of amides is 3. The van der Waals surface area contributed by atoms with Gasteiger partial charge < -0.3 is 14.8 Å². The first kappa shape index (κ1) is 22.1. The molecule has 0 unspecified atom stereocenters. The number of fused-ring (bicyclic) bond motifs is 3. The maximum absolute atomic E-state index is 13.1. The third-order valence-electron chi connectivity index (χ3n) is 6.40. The van der Waals surface area contributed by atoms with Crippen molar-refractivity contribution in [3.63, 3.8) is 0 Å². The molecule has 1 saturated heterocycles. The Kier molecular flexibility index (Phi) is 5.76. The van der Waals surface area contributed by atoms with Crippen molar-refractivity contribution in [3.05, 3.63) is 56.6 Å². The van der Waals surface area contributed by atoms with Gasteiger partial charge in [0.15, 0.2) is 0 Å². The van der Waals surface area contributed by atoms with Crippen LogP contribution in [0.3, 0.4) is 0 Å². The number of nitrogens with zero attached hydrogens (tertiary/aromatic N) is 2. The van der Waals surface area contributed by atoms with E-state index >= 15 is 0 Å². The molecule has 1 fully saturated rings. The van der Waals surface area contributed by atoms with Crippen molar-refractivity contribution in [1.29, 1.82) is 0 Å². The van der Waals surface area contributed by atoms with E-state index in [-0.39, 0.29) is 17.0 Å². The van der Waals surface area contributed by atoms with Gasteiger partial charge in [-0.15, -0.1) is 0 Å². The largest absolute Gasteiger partial charge is 0.349 e. The summed E-state index contributed by atoms with van der Waals surface area (Å²) in [5.41, 5.74) is 2.79. The van der Waals surface area contributed by atoms with Crippen molar-refractivity contribution in [2.75, 3.05) is 26.2 Å². The van der Waals surface area contributed by atoms with Gasteiger partial charge in [-0.25, -0.2) is 0 Å². The van der Waals surface area contributed by atoms with E-state index < -0.39 is 11.8 Å². The van der Waals surface area contributed by atoms with Gasteiger partial charge in [-0.2, -0.15) is 0 Å². The molecule has 2 N–H and O–H groups in total. The number of benzene rings is 2. The SMILES string of the molecule is Cn1c(C(=O)NCCN2CCCC2)c(Br)c2c3c(c(-c4ccccc4Cl)cc21)C(=O)NC3=O. The highest BCUT2D eigenvalue weighted by Gasteiger charge is 2.36. The van der Waals surface area contributed by atoms with Crippen molar-refractivity contribution in [2.45, 2.75) is 12.8 Å². The number of carbonyl (C=O) groups excluding carboxylic acids is 3. The average Bonchev–Trinajstić information content (AvgIpc) is 3.47. The highest BCUT2D eigenvalue weighted by atomic mass is 79.9. The Labute approximate surface area is 204 Å². The Hall–Kier alpha value is -2.68. The first-order valence-corrected chi connectivity index (χ1v) is 12.0. The zero-order chi connectivity index (χ0) is 23.3. The summed E-state index contributed by atoms with van der Waals surface area (Å²) in [5, 5.41) is 6.40. The minimum Gasteiger partial charge on any atom is -0.349 e. The topological polar surface area (TPSA) is 83.4 Å². The second-order valence-corrected chi connectivity index (χ2v) is 9.56. The predicted molar refractivity (Wildman–Crippen MR) is 131 cm³/mol. The van der Waals surface area contributed by atoms with E-state index in [0.29, 0.717) is 43.8 Å². The Morgan fingerprint density at radius 1 is 1.12 bits per heavy atom. The fourth-order valence-corrected chi connectivity index (χ4v) is 5.88. The van der Waals surface area contributed by atoms with Gasteiger partial charge in [0.25, 0.3) is 17.7 Å². The van der Waals surface area contributed by atoms with Crippen LogP contribution in [0.2, 0.25) is 5.02 Å². The predicted octanol–water partition coefficient (Wildman–Crippen LogP) is 3.97. The average molecular weight is 530 g/mol. The van der Waals surface area contributed by atoms with Crippen molar-refractivity contribution >= 4 is 56.2 Å². The van der Waals surface area contributed by atoms with Crippen molar-refractivity contribution in [3.8, 4) is 11.1 Å². The number of hydrogen-bond acceptors (Lipinski definition) is 4. The second-order valence-electron chi connectivity index (χ2n) is 8.36. The van der Waals surface area contributed by atoms with Crippen molar-refractivity contribution < 1.29 is 14.4 Å². The molecule has 0 saturated carbocycles. The van der Waals surface area contributed by atoms with Gasteiger partial charge in [0, 0.05) is 36.1 Å². The van der Waals surface area contributed by atoms with E-state index in [9.17, 15) is 14.4 Å². The van der Waals surface area contributed by atoms with Crippen LogP contribution in [0, 0.1) is 0 Å². The molecule has 2 aliphatic heterocycles. The van der Waals surface area contributed by atoms with E-state index in [0.717, 1.165) is 19.6 Å². The van der Waals surface area contributed by atoms with Crippen LogP contribution in [0.1, 0.15) is 44.0 Å². The van der Waals surface area contributed by atoms with E-state index in [4.69, 9.17) is 11.6 Å².